The highest BCUT2D eigenvalue weighted by Crippen LogP contribution is 2.27. The van der Waals surface area contributed by atoms with Gasteiger partial charge in [-0.25, -0.2) is 0 Å². The molecule has 216 valence electrons. The first kappa shape index (κ1) is 31.5. The van der Waals surface area contributed by atoms with Crippen LogP contribution in [0.3, 0.4) is 0 Å². The van der Waals surface area contributed by atoms with Gasteiger partial charge in [0, 0.05) is 11.5 Å². The van der Waals surface area contributed by atoms with Gasteiger partial charge >= 0.3 is 0 Å². The molecule has 2 fully saturated rings. The summed E-state index contributed by atoms with van der Waals surface area (Å²) in [5, 5.41) is 2.65. The minimum atomic E-state index is -0.0864. The number of likely N-dealkylation sites (tertiary alicyclic amines) is 2. The molecule has 6 nitrogen and oxygen atoms in total. The van der Waals surface area contributed by atoms with Gasteiger partial charge in [-0.2, -0.15) is 0 Å². The molecule has 0 unspecified atom stereocenters. The second-order valence-corrected chi connectivity index (χ2v) is 10.8. The number of aromatic nitrogens is 1. The van der Waals surface area contributed by atoms with Crippen molar-refractivity contribution in [3.63, 3.8) is 0 Å². The summed E-state index contributed by atoms with van der Waals surface area (Å²) in [6.45, 7) is 8.71. The normalized spacial score (nSPS) is 16.5. The minimum Gasteiger partial charge on any atom is -0.494 e. The molecule has 1 N–H and O–H groups in total. The van der Waals surface area contributed by atoms with Crippen molar-refractivity contribution in [2.75, 3.05) is 52.5 Å². The number of fused-ring (bicyclic) bond motifs is 3. The van der Waals surface area contributed by atoms with E-state index in [0.717, 1.165) is 60.0 Å². The van der Waals surface area contributed by atoms with Gasteiger partial charge in [0.15, 0.2) is 0 Å². The molecule has 3 aromatic rings. The van der Waals surface area contributed by atoms with Crippen LogP contribution in [0, 0.1) is 0 Å². The van der Waals surface area contributed by atoms with Crippen LogP contribution in [0.2, 0.25) is 0 Å². The van der Waals surface area contributed by atoms with E-state index >= 15 is 0 Å². The Morgan fingerprint density at radius 1 is 0.615 bits per heavy atom. The Kier molecular flexibility index (Phi) is 13.2. The Bertz CT molecular complexity index is 1210. The number of pyridine rings is 1. The number of H-pyrrole nitrogens is 1. The third-order valence-corrected chi connectivity index (χ3v) is 7.94. The monoisotopic (exact) mass is 577 g/mol. The zero-order valence-corrected chi connectivity index (χ0v) is 24.8. The average Bonchev–Trinajstić information content (AvgIpc) is 2.94. The number of ether oxygens (including phenoxy) is 2. The zero-order chi connectivity index (χ0) is 25.3. The third-order valence-electron chi connectivity index (χ3n) is 7.94. The first-order valence-corrected chi connectivity index (χ1v) is 14.6. The second kappa shape index (κ2) is 16.3. The summed E-state index contributed by atoms with van der Waals surface area (Å²) in [4.78, 5) is 21.1. The van der Waals surface area contributed by atoms with E-state index < -0.39 is 0 Å². The topological polar surface area (TPSA) is 57.8 Å². The van der Waals surface area contributed by atoms with Crippen molar-refractivity contribution in [2.24, 2.45) is 0 Å². The smallest absolute Gasteiger partial charge is 0.256 e. The minimum absolute atomic E-state index is 0. The van der Waals surface area contributed by atoms with Crippen LogP contribution in [-0.2, 0) is 0 Å². The summed E-state index contributed by atoms with van der Waals surface area (Å²) < 4.78 is 12.0. The molecule has 2 saturated heterocycles. The molecule has 39 heavy (non-hydrogen) atoms. The van der Waals surface area contributed by atoms with Crippen molar-refractivity contribution in [1.29, 1.82) is 0 Å². The van der Waals surface area contributed by atoms with Crippen LogP contribution in [-0.4, -0.2) is 67.3 Å². The van der Waals surface area contributed by atoms with E-state index in [2.05, 4.69) is 20.9 Å². The Morgan fingerprint density at radius 2 is 1.13 bits per heavy atom. The van der Waals surface area contributed by atoms with E-state index in [9.17, 15) is 4.79 Å². The molecule has 3 heterocycles. The number of nitrogens with zero attached hydrogens (tertiary/aromatic N) is 2. The van der Waals surface area contributed by atoms with Gasteiger partial charge in [0.1, 0.15) is 11.5 Å². The second-order valence-electron chi connectivity index (χ2n) is 10.8. The number of benzene rings is 2. The van der Waals surface area contributed by atoms with Crippen LogP contribution in [0.25, 0.3) is 21.7 Å². The van der Waals surface area contributed by atoms with Crippen molar-refractivity contribution in [3.8, 4) is 11.5 Å². The lowest BCUT2D eigenvalue weighted by Crippen LogP contribution is -2.30. The number of hydrogen-bond donors (Lipinski definition) is 1. The van der Waals surface area contributed by atoms with Gasteiger partial charge < -0.3 is 24.3 Å². The van der Waals surface area contributed by atoms with Crippen molar-refractivity contribution in [3.05, 3.63) is 46.8 Å². The van der Waals surface area contributed by atoms with Crippen LogP contribution in [0.1, 0.15) is 64.2 Å². The Morgan fingerprint density at radius 3 is 1.69 bits per heavy atom. The van der Waals surface area contributed by atoms with E-state index in [1.165, 1.54) is 71.2 Å². The van der Waals surface area contributed by atoms with E-state index in [0.29, 0.717) is 18.6 Å². The standard InChI is InChI=1S/C31H43N3O3.2ClH/c35-31-29-23-25(36-21-9-7-19-33-15-3-1-4-16-33)11-13-27(29)28-14-12-26(24-30(28)32-31)37-22-10-8-20-34-17-5-2-6-18-34;;/h11-14,23-24H,1-10,15-22H2,(H,32,35);2*1H. The Balaban J connectivity index is 0.00000210. The van der Waals surface area contributed by atoms with Crippen molar-refractivity contribution in [2.45, 2.75) is 64.2 Å². The maximum atomic E-state index is 12.9. The van der Waals surface area contributed by atoms with Gasteiger partial charge in [-0.05, 0) is 126 Å². The van der Waals surface area contributed by atoms with Gasteiger partial charge in [0.05, 0.1) is 24.1 Å². The predicted molar refractivity (Wildman–Crippen MR) is 167 cm³/mol. The number of halogens is 2. The molecule has 1 aromatic heterocycles. The number of aromatic amines is 1. The number of piperidine rings is 2. The summed E-state index contributed by atoms with van der Waals surface area (Å²) in [7, 11) is 0. The first-order valence-electron chi connectivity index (χ1n) is 14.6. The molecule has 2 aliphatic rings. The lowest BCUT2D eigenvalue weighted by atomic mass is 10.1. The average molecular weight is 579 g/mol. The molecular weight excluding hydrogens is 533 g/mol. The maximum absolute atomic E-state index is 12.9. The van der Waals surface area contributed by atoms with E-state index in [1.807, 2.05) is 30.3 Å². The van der Waals surface area contributed by atoms with E-state index in [4.69, 9.17) is 9.47 Å². The fraction of sp³-hybridized carbons (Fsp3) is 0.581. The largest absolute Gasteiger partial charge is 0.494 e. The predicted octanol–water partition coefficient (Wildman–Crippen LogP) is 6.81. The fourth-order valence-electron chi connectivity index (χ4n) is 5.80. The zero-order valence-electron chi connectivity index (χ0n) is 23.1. The summed E-state index contributed by atoms with van der Waals surface area (Å²) >= 11 is 0. The molecule has 8 heteroatoms. The SMILES string of the molecule is Cl.Cl.O=c1[nH]c2cc(OCCCCN3CCCCC3)ccc2c2ccc(OCCCCN3CCCCC3)cc12. The fourth-order valence-corrected chi connectivity index (χ4v) is 5.80. The van der Waals surface area contributed by atoms with E-state index in [-0.39, 0.29) is 30.4 Å². The van der Waals surface area contributed by atoms with Gasteiger partial charge in [-0.15, -0.1) is 24.8 Å². The summed E-state index contributed by atoms with van der Waals surface area (Å²) in [5.74, 6) is 1.57. The number of nitrogens with one attached hydrogen (secondary N) is 1. The number of rotatable bonds is 12. The summed E-state index contributed by atoms with van der Waals surface area (Å²) in [5.41, 5.74) is 0.728. The Labute approximate surface area is 245 Å². The van der Waals surface area contributed by atoms with Crippen molar-refractivity contribution in [1.82, 2.24) is 14.8 Å². The highest BCUT2D eigenvalue weighted by atomic mass is 35.5. The van der Waals surface area contributed by atoms with Crippen LogP contribution in [0.5, 0.6) is 11.5 Å². The quantitative estimate of drug-likeness (QED) is 0.189. The molecule has 0 amide bonds. The molecule has 2 aromatic carbocycles. The lowest BCUT2D eigenvalue weighted by Gasteiger charge is -2.26. The van der Waals surface area contributed by atoms with Crippen LogP contribution < -0.4 is 15.0 Å². The molecule has 2 aliphatic heterocycles. The number of hydrogen-bond acceptors (Lipinski definition) is 5. The number of unbranched alkanes of at least 4 members (excludes halogenated alkanes) is 2. The molecule has 5 rings (SSSR count). The molecule has 0 radical (unpaired) electrons. The highest BCUT2D eigenvalue weighted by Gasteiger charge is 2.11. The maximum Gasteiger partial charge on any atom is 0.256 e. The van der Waals surface area contributed by atoms with E-state index in [1.54, 1.807) is 0 Å². The van der Waals surface area contributed by atoms with Crippen molar-refractivity contribution < 1.29 is 9.47 Å². The third kappa shape index (κ3) is 9.01. The molecule has 0 atom stereocenters. The van der Waals surface area contributed by atoms with Gasteiger partial charge in [-0.3, -0.25) is 4.79 Å². The van der Waals surface area contributed by atoms with Crippen LogP contribution in [0.15, 0.2) is 41.2 Å². The summed E-state index contributed by atoms with van der Waals surface area (Å²) in [6.07, 6.45) is 12.5. The van der Waals surface area contributed by atoms with Gasteiger partial charge in [0.2, 0.25) is 0 Å². The molecule has 0 spiro atoms. The van der Waals surface area contributed by atoms with Crippen LogP contribution >= 0.6 is 24.8 Å². The first-order chi connectivity index (χ1) is 18.3. The summed E-state index contributed by atoms with van der Waals surface area (Å²) in [6, 6.07) is 11.9. The molecule has 0 bridgehead atoms. The Hall–Kier alpha value is -1.99. The van der Waals surface area contributed by atoms with Crippen LogP contribution in [0.4, 0.5) is 0 Å². The van der Waals surface area contributed by atoms with Gasteiger partial charge in [-0.1, -0.05) is 12.8 Å². The molecule has 0 aliphatic carbocycles. The lowest BCUT2D eigenvalue weighted by molar-refractivity contribution is 0.216. The molecular formula is C31H45Cl2N3O3. The van der Waals surface area contributed by atoms with Crippen molar-refractivity contribution >= 4 is 46.5 Å². The molecule has 0 saturated carbocycles. The highest BCUT2D eigenvalue weighted by molar-refractivity contribution is 6.05. The van der Waals surface area contributed by atoms with Gasteiger partial charge in [0.25, 0.3) is 5.56 Å².